The summed E-state index contributed by atoms with van der Waals surface area (Å²) < 4.78 is 0. The Morgan fingerprint density at radius 2 is 1.37 bits per heavy atom. The van der Waals surface area contributed by atoms with Crippen LogP contribution in [-0.2, 0) is 0 Å². The van der Waals surface area contributed by atoms with Gasteiger partial charge in [-0.25, -0.2) is 0 Å². The van der Waals surface area contributed by atoms with Gasteiger partial charge >= 0.3 is 0 Å². The summed E-state index contributed by atoms with van der Waals surface area (Å²) in [6, 6.07) is 19.3. The molecule has 0 amide bonds. The lowest BCUT2D eigenvalue weighted by molar-refractivity contribution is 0.963. The van der Waals surface area contributed by atoms with E-state index in [1.54, 1.807) is 0 Å². The fourth-order valence-electron chi connectivity index (χ4n) is 2.93. The first-order valence-corrected chi connectivity index (χ1v) is 6.49. The van der Waals surface area contributed by atoms with E-state index in [1.807, 2.05) is 6.92 Å². The molecule has 0 unspecified atom stereocenters. The number of hydrogen-bond acceptors (Lipinski definition) is 1. The van der Waals surface area contributed by atoms with Crippen molar-refractivity contribution in [2.45, 2.75) is 19.8 Å². The molecule has 1 heteroatoms. The molecule has 0 saturated heterocycles. The molecule has 0 saturated carbocycles. The maximum atomic E-state index is 9.15. The van der Waals surface area contributed by atoms with Crippen molar-refractivity contribution in [1.82, 2.24) is 0 Å². The second-order valence-electron chi connectivity index (χ2n) is 5.03. The van der Waals surface area contributed by atoms with E-state index in [2.05, 4.69) is 61.5 Å². The van der Waals surface area contributed by atoms with E-state index in [0.717, 1.165) is 11.1 Å². The molecular formula is C18H15N. The van der Waals surface area contributed by atoms with Gasteiger partial charge in [-0.1, -0.05) is 48.5 Å². The quantitative estimate of drug-likeness (QED) is 0.670. The zero-order chi connectivity index (χ0) is 13.4. The number of fused-ring (bicyclic) bond motifs is 3. The van der Waals surface area contributed by atoms with Crippen LogP contribution in [0.5, 0.6) is 0 Å². The third-order valence-corrected chi connectivity index (χ3v) is 4.03. The van der Waals surface area contributed by atoms with Crippen molar-refractivity contribution in [3.63, 3.8) is 0 Å². The molecular weight excluding hydrogens is 230 g/mol. The van der Waals surface area contributed by atoms with E-state index in [1.165, 1.54) is 22.3 Å². The second kappa shape index (κ2) is 4.40. The summed E-state index contributed by atoms with van der Waals surface area (Å²) in [4.78, 5) is 0. The summed E-state index contributed by atoms with van der Waals surface area (Å²) >= 11 is 0. The molecule has 2 aromatic rings. The van der Waals surface area contributed by atoms with Crippen molar-refractivity contribution < 1.29 is 0 Å². The second-order valence-corrected chi connectivity index (χ2v) is 5.03. The van der Waals surface area contributed by atoms with Crippen molar-refractivity contribution >= 4 is 0 Å². The Balaban J connectivity index is 2.30. The number of benzene rings is 2. The maximum Gasteiger partial charge on any atom is 0.0943 e. The molecule has 0 aliphatic heterocycles. The zero-order valence-corrected chi connectivity index (χ0v) is 11.1. The van der Waals surface area contributed by atoms with Crippen LogP contribution in [0.1, 0.15) is 30.9 Å². The molecule has 2 aromatic carbocycles. The summed E-state index contributed by atoms with van der Waals surface area (Å²) in [5.41, 5.74) is 7.20. The van der Waals surface area contributed by atoms with Gasteiger partial charge in [-0.2, -0.15) is 5.26 Å². The van der Waals surface area contributed by atoms with E-state index in [9.17, 15) is 0 Å². The minimum absolute atomic E-state index is 0.229. The highest BCUT2D eigenvalue weighted by Gasteiger charge is 2.29. The van der Waals surface area contributed by atoms with Crippen molar-refractivity contribution in [3.05, 3.63) is 70.8 Å². The van der Waals surface area contributed by atoms with Crippen LogP contribution < -0.4 is 0 Å². The average molecular weight is 245 g/mol. The van der Waals surface area contributed by atoms with Gasteiger partial charge in [-0.05, 0) is 41.7 Å². The number of hydrogen-bond donors (Lipinski definition) is 0. The molecule has 0 fully saturated rings. The van der Waals surface area contributed by atoms with Gasteiger partial charge in [0.15, 0.2) is 0 Å². The zero-order valence-electron chi connectivity index (χ0n) is 11.1. The topological polar surface area (TPSA) is 23.8 Å². The van der Waals surface area contributed by atoms with Crippen LogP contribution in [0, 0.1) is 11.3 Å². The van der Waals surface area contributed by atoms with Crippen molar-refractivity contribution in [2.24, 2.45) is 0 Å². The Hall–Kier alpha value is -2.33. The van der Waals surface area contributed by atoms with Gasteiger partial charge in [-0.3, -0.25) is 0 Å². The van der Waals surface area contributed by atoms with Gasteiger partial charge in [-0.15, -0.1) is 0 Å². The SMILES string of the molecule is C/C(C#N)=C(/C)C1c2ccccc2-c2ccccc21. The Bertz CT molecular complexity index is 671. The van der Waals surface area contributed by atoms with Crippen LogP contribution in [0.4, 0.5) is 0 Å². The van der Waals surface area contributed by atoms with E-state index in [4.69, 9.17) is 5.26 Å². The largest absolute Gasteiger partial charge is 0.193 e. The first-order chi connectivity index (χ1) is 9.24. The van der Waals surface area contributed by atoms with Crippen LogP contribution in [0.25, 0.3) is 11.1 Å². The smallest absolute Gasteiger partial charge is 0.0943 e. The molecule has 1 nitrogen and oxygen atoms in total. The molecule has 0 radical (unpaired) electrons. The van der Waals surface area contributed by atoms with Gasteiger partial charge in [0, 0.05) is 11.5 Å². The van der Waals surface area contributed by atoms with Crippen LogP contribution in [-0.4, -0.2) is 0 Å². The standard InChI is InChI=1S/C18H15N/c1-12(11-19)13(2)18-16-9-5-3-7-14(16)15-8-4-6-10-17(15)18/h3-10,18H,1-2H3/b13-12+. The number of nitriles is 1. The Labute approximate surface area is 113 Å². The van der Waals surface area contributed by atoms with Crippen LogP contribution in [0.2, 0.25) is 0 Å². The minimum atomic E-state index is 0.229. The number of nitrogens with zero attached hydrogens (tertiary/aromatic N) is 1. The van der Waals surface area contributed by atoms with Crippen molar-refractivity contribution in [2.75, 3.05) is 0 Å². The maximum absolute atomic E-state index is 9.15. The molecule has 0 atom stereocenters. The molecule has 0 heterocycles. The highest BCUT2D eigenvalue weighted by atomic mass is 14.3. The first kappa shape index (κ1) is 11.7. The summed E-state index contributed by atoms with van der Waals surface area (Å²) in [5.74, 6) is 0.229. The third kappa shape index (κ3) is 1.69. The predicted molar refractivity (Wildman–Crippen MR) is 77.7 cm³/mol. The minimum Gasteiger partial charge on any atom is -0.193 e. The molecule has 0 aromatic heterocycles. The number of allylic oxidation sites excluding steroid dienone is 2. The van der Waals surface area contributed by atoms with Crippen molar-refractivity contribution in [3.8, 4) is 17.2 Å². The molecule has 19 heavy (non-hydrogen) atoms. The molecule has 0 spiro atoms. The predicted octanol–water partition coefficient (Wildman–Crippen LogP) is 4.66. The first-order valence-electron chi connectivity index (χ1n) is 6.49. The Kier molecular flexibility index (Phi) is 2.72. The lowest BCUT2D eigenvalue weighted by atomic mass is 9.88. The van der Waals surface area contributed by atoms with Crippen molar-refractivity contribution in [1.29, 1.82) is 5.26 Å². The lowest BCUT2D eigenvalue weighted by Gasteiger charge is -2.15. The molecule has 0 N–H and O–H groups in total. The molecule has 0 bridgehead atoms. The van der Waals surface area contributed by atoms with Crippen LogP contribution >= 0.6 is 0 Å². The fourth-order valence-corrected chi connectivity index (χ4v) is 2.93. The van der Waals surface area contributed by atoms with Gasteiger partial charge in [0.25, 0.3) is 0 Å². The summed E-state index contributed by atoms with van der Waals surface area (Å²) in [7, 11) is 0. The molecule has 92 valence electrons. The molecule has 1 aliphatic rings. The highest BCUT2D eigenvalue weighted by Crippen LogP contribution is 2.48. The Morgan fingerprint density at radius 1 is 0.895 bits per heavy atom. The molecule has 3 rings (SSSR count). The van der Waals surface area contributed by atoms with Gasteiger partial charge < -0.3 is 0 Å². The van der Waals surface area contributed by atoms with E-state index in [0.29, 0.717) is 0 Å². The van der Waals surface area contributed by atoms with Crippen LogP contribution in [0.15, 0.2) is 59.7 Å². The number of rotatable bonds is 1. The van der Waals surface area contributed by atoms with Gasteiger partial charge in [0.1, 0.15) is 0 Å². The summed E-state index contributed by atoms with van der Waals surface area (Å²) in [6.07, 6.45) is 0. The average Bonchev–Trinajstić information content (AvgIpc) is 2.80. The normalized spacial score (nSPS) is 14.4. The van der Waals surface area contributed by atoms with Gasteiger partial charge in [0.05, 0.1) is 6.07 Å². The lowest BCUT2D eigenvalue weighted by Crippen LogP contribution is -2.00. The Morgan fingerprint density at radius 3 is 1.84 bits per heavy atom. The fraction of sp³-hybridized carbons (Fsp3) is 0.167. The highest BCUT2D eigenvalue weighted by molar-refractivity contribution is 5.80. The van der Waals surface area contributed by atoms with E-state index >= 15 is 0 Å². The van der Waals surface area contributed by atoms with Gasteiger partial charge in [0.2, 0.25) is 0 Å². The van der Waals surface area contributed by atoms with E-state index < -0.39 is 0 Å². The molecule has 1 aliphatic carbocycles. The summed E-state index contributed by atoms with van der Waals surface area (Å²) in [6.45, 7) is 3.97. The van der Waals surface area contributed by atoms with E-state index in [-0.39, 0.29) is 5.92 Å². The summed E-state index contributed by atoms with van der Waals surface area (Å²) in [5, 5.41) is 9.15. The third-order valence-electron chi connectivity index (χ3n) is 4.03. The monoisotopic (exact) mass is 245 g/mol. The van der Waals surface area contributed by atoms with Crippen LogP contribution in [0.3, 0.4) is 0 Å².